The average Bonchev–Trinajstić information content (AvgIpc) is 2.79. The monoisotopic (exact) mass is 280 g/mol. The first kappa shape index (κ1) is 13.2. The maximum atomic E-state index is 12.7. The summed E-state index contributed by atoms with van der Waals surface area (Å²) in [6.07, 6.45) is 11.7. The Kier molecular flexibility index (Phi) is 3.20. The maximum absolute atomic E-state index is 12.7. The summed E-state index contributed by atoms with van der Waals surface area (Å²) in [5, 5.41) is 0. The van der Waals surface area contributed by atoms with Gasteiger partial charge in [-0.3, -0.25) is 4.79 Å². The first-order valence-electron chi connectivity index (χ1n) is 7.25. The Morgan fingerprint density at radius 2 is 1.79 bits per heavy atom. The SMILES string of the molecule is Cl.O=C(Cc1ncc[nH]1)C12CC3CC(CC(C3)C1)C2. The molecule has 4 saturated carbocycles. The largest absolute Gasteiger partial charge is 0.348 e. The summed E-state index contributed by atoms with van der Waals surface area (Å²) < 4.78 is 0. The van der Waals surface area contributed by atoms with Crippen LogP contribution in [0.3, 0.4) is 0 Å². The molecule has 4 aliphatic carbocycles. The number of imidazole rings is 1. The number of carbonyl (C=O) groups excluding carboxylic acids is 1. The number of aromatic nitrogens is 2. The van der Waals surface area contributed by atoms with Crippen molar-refractivity contribution in [3.8, 4) is 0 Å². The van der Waals surface area contributed by atoms with Crippen LogP contribution in [-0.4, -0.2) is 15.8 Å². The molecule has 4 heteroatoms. The fraction of sp³-hybridized carbons (Fsp3) is 0.733. The number of hydrogen-bond acceptors (Lipinski definition) is 2. The first-order chi connectivity index (χ1) is 8.73. The minimum absolute atomic E-state index is 0. The molecule has 0 radical (unpaired) electrons. The zero-order chi connectivity index (χ0) is 12.2. The topological polar surface area (TPSA) is 45.8 Å². The maximum Gasteiger partial charge on any atom is 0.146 e. The van der Waals surface area contributed by atoms with Gasteiger partial charge in [0.25, 0.3) is 0 Å². The molecular formula is C15H21ClN2O. The van der Waals surface area contributed by atoms with E-state index in [4.69, 9.17) is 0 Å². The Morgan fingerprint density at radius 3 is 2.26 bits per heavy atom. The Hall–Kier alpha value is -0.830. The number of halogens is 1. The summed E-state index contributed by atoms with van der Waals surface area (Å²) >= 11 is 0. The van der Waals surface area contributed by atoms with Crippen molar-refractivity contribution in [2.75, 3.05) is 0 Å². The van der Waals surface area contributed by atoms with Crippen molar-refractivity contribution < 1.29 is 4.79 Å². The number of hydrogen-bond donors (Lipinski definition) is 1. The van der Waals surface area contributed by atoms with Gasteiger partial charge in [-0.05, 0) is 56.3 Å². The van der Waals surface area contributed by atoms with Gasteiger partial charge in [-0.1, -0.05) is 0 Å². The fourth-order valence-electron chi connectivity index (χ4n) is 5.19. The van der Waals surface area contributed by atoms with Crippen LogP contribution >= 0.6 is 12.4 Å². The summed E-state index contributed by atoms with van der Waals surface area (Å²) in [4.78, 5) is 20.0. The van der Waals surface area contributed by atoms with Crippen LogP contribution < -0.4 is 0 Å². The van der Waals surface area contributed by atoms with Crippen molar-refractivity contribution in [1.82, 2.24) is 9.97 Å². The molecule has 0 amide bonds. The van der Waals surface area contributed by atoms with Crippen LogP contribution in [0.1, 0.15) is 44.3 Å². The van der Waals surface area contributed by atoms with Gasteiger partial charge in [0.1, 0.15) is 11.6 Å². The third-order valence-corrected chi connectivity index (χ3v) is 5.51. The summed E-state index contributed by atoms with van der Waals surface area (Å²) in [6.45, 7) is 0. The molecule has 5 rings (SSSR count). The van der Waals surface area contributed by atoms with Crippen LogP contribution in [0.5, 0.6) is 0 Å². The van der Waals surface area contributed by atoms with Crippen LogP contribution in [0.25, 0.3) is 0 Å². The van der Waals surface area contributed by atoms with Gasteiger partial charge in [-0.2, -0.15) is 0 Å². The second-order valence-electron chi connectivity index (χ2n) is 6.83. The van der Waals surface area contributed by atoms with Crippen LogP contribution in [0.15, 0.2) is 12.4 Å². The predicted octanol–water partition coefficient (Wildman–Crippen LogP) is 3.16. The molecule has 0 aromatic carbocycles. The molecule has 1 heterocycles. The van der Waals surface area contributed by atoms with Crippen molar-refractivity contribution in [3.63, 3.8) is 0 Å². The molecule has 1 aromatic rings. The van der Waals surface area contributed by atoms with E-state index in [0.29, 0.717) is 12.2 Å². The second kappa shape index (κ2) is 4.62. The normalized spacial score (nSPS) is 39.1. The lowest BCUT2D eigenvalue weighted by atomic mass is 9.48. The fourth-order valence-corrected chi connectivity index (χ4v) is 5.19. The number of nitrogens with one attached hydrogen (secondary N) is 1. The minimum Gasteiger partial charge on any atom is -0.348 e. The number of rotatable bonds is 3. The summed E-state index contributed by atoms with van der Waals surface area (Å²) in [7, 11) is 0. The van der Waals surface area contributed by atoms with E-state index in [1.54, 1.807) is 6.20 Å². The van der Waals surface area contributed by atoms with E-state index in [0.717, 1.165) is 23.6 Å². The highest BCUT2D eigenvalue weighted by Crippen LogP contribution is 2.60. The predicted molar refractivity (Wildman–Crippen MR) is 75.2 cm³/mol. The molecule has 19 heavy (non-hydrogen) atoms. The Bertz CT molecular complexity index is 433. The lowest BCUT2D eigenvalue weighted by Gasteiger charge is -2.56. The molecule has 4 aliphatic rings. The highest BCUT2D eigenvalue weighted by molar-refractivity contribution is 5.86. The van der Waals surface area contributed by atoms with Gasteiger partial charge in [0, 0.05) is 17.8 Å². The Morgan fingerprint density at radius 1 is 1.21 bits per heavy atom. The average molecular weight is 281 g/mol. The number of aromatic amines is 1. The molecular weight excluding hydrogens is 260 g/mol. The third kappa shape index (κ3) is 2.12. The first-order valence-corrected chi connectivity index (χ1v) is 7.25. The molecule has 0 unspecified atom stereocenters. The van der Waals surface area contributed by atoms with Gasteiger partial charge in [0.2, 0.25) is 0 Å². The van der Waals surface area contributed by atoms with E-state index >= 15 is 0 Å². The van der Waals surface area contributed by atoms with Crippen LogP contribution in [-0.2, 0) is 11.2 Å². The molecule has 0 atom stereocenters. The second-order valence-corrected chi connectivity index (χ2v) is 6.83. The van der Waals surface area contributed by atoms with E-state index < -0.39 is 0 Å². The summed E-state index contributed by atoms with van der Waals surface area (Å²) in [6, 6.07) is 0. The van der Waals surface area contributed by atoms with Gasteiger partial charge in [0.15, 0.2) is 0 Å². The zero-order valence-corrected chi connectivity index (χ0v) is 11.9. The lowest BCUT2D eigenvalue weighted by molar-refractivity contribution is -0.143. The Balaban J connectivity index is 0.00000110. The molecule has 3 nitrogen and oxygen atoms in total. The van der Waals surface area contributed by atoms with Gasteiger partial charge >= 0.3 is 0 Å². The molecule has 4 bridgehead atoms. The van der Waals surface area contributed by atoms with Crippen LogP contribution in [0.2, 0.25) is 0 Å². The van der Waals surface area contributed by atoms with Crippen molar-refractivity contribution in [2.45, 2.75) is 44.9 Å². The highest BCUT2D eigenvalue weighted by atomic mass is 35.5. The number of Topliss-reactive ketones (excluding diaryl/α,β-unsaturated/α-hetero) is 1. The van der Waals surface area contributed by atoms with E-state index in [1.165, 1.54) is 38.5 Å². The van der Waals surface area contributed by atoms with E-state index in [2.05, 4.69) is 9.97 Å². The number of H-pyrrole nitrogens is 1. The van der Waals surface area contributed by atoms with E-state index in [-0.39, 0.29) is 17.8 Å². The smallest absolute Gasteiger partial charge is 0.146 e. The number of ketones is 1. The lowest BCUT2D eigenvalue weighted by Crippen LogP contribution is -2.50. The molecule has 0 aliphatic heterocycles. The zero-order valence-electron chi connectivity index (χ0n) is 11.1. The number of carbonyl (C=O) groups is 1. The molecule has 4 fully saturated rings. The summed E-state index contributed by atoms with van der Waals surface area (Å²) in [5.41, 5.74) is 0.0293. The highest BCUT2D eigenvalue weighted by Gasteiger charge is 2.54. The Labute approximate surface area is 120 Å². The molecule has 104 valence electrons. The third-order valence-electron chi connectivity index (χ3n) is 5.51. The van der Waals surface area contributed by atoms with Gasteiger partial charge in [-0.25, -0.2) is 4.98 Å². The van der Waals surface area contributed by atoms with Crippen molar-refractivity contribution in [1.29, 1.82) is 0 Å². The van der Waals surface area contributed by atoms with Crippen LogP contribution in [0, 0.1) is 23.2 Å². The van der Waals surface area contributed by atoms with Crippen molar-refractivity contribution >= 4 is 18.2 Å². The van der Waals surface area contributed by atoms with Crippen LogP contribution in [0.4, 0.5) is 0 Å². The van der Waals surface area contributed by atoms with Crippen molar-refractivity contribution in [2.24, 2.45) is 23.2 Å². The van der Waals surface area contributed by atoms with Crippen molar-refractivity contribution in [3.05, 3.63) is 18.2 Å². The van der Waals surface area contributed by atoms with E-state index in [9.17, 15) is 4.79 Å². The van der Waals surface area contributed by atoms with Gasteiger partial charge in [0.05, 0.1) is 6.42 Å². The van der Waals surface area contributed by atoms with Gasteiger partial charge in [-0.15, -0.1) is 12.4 Å². The van der Waals surface area contributed by atoms with Gasteiger partial charge < -0.3 is 4.98 Å². The quantitative estimate of drug-likeness (QED) is 0.924. The molecule has 0 spiro atoms. The number of nitrogens with zero attached hydrogens (tertiary/aromatic N) is 1. The molecule has 1 aromatic heterocycles. The minimum atomic E-state index is 0. The molecule has 0 saturated heterocycles. The molecule has 1 N–H and O–H groups in total. The van der Waals surface area contributed by atoms with E-state index in [1.807, 2.05) is 6.20 Å². The standard InChI is InChI=1S/C15H20N2O.ClH/c18-13(6-14-16-1-2-17-14)15-7-10-3-11(8-15)5-12(4-10)9-15;/h1-2,10-12H,3-9H2,(H,16,17);1H. The summed E-state index contributed by atoms with van der Waals surface area (Å²) in [5.74, 6) is 3.83.